The van der Waals surface area contributed by atoms with E-state index in [1.54, 1.807) is 0 Å². The minimum absolute atomic E-state index is 0.0449. The molecule has 1 unspecified atom stereocenters. The van der Waals surface area contributed by atoms with E-state index in [0.29, 0.717) is 0 Å². The van der Waals surface area contributed by atoms with Crippen LogP contribution < -0.4 is 0 Å². The molecule has 0 aliphatic rings. The van der Waals surface area contributed by atoms with Gasteiger partial charge in [-0.25, -0.2) is 13.2 Å². The van der Waals surface area contributed by atoms with Crippen LogP contribution in [-0.2, 0) is 0 Å². The predicted octanol–water partition coefficient (Wildman–Crippen LogP) is 5.11. The van der Waals surface area contributed by atoms with Crippen LogP contribution in [0.15, 0.2) is 18.2 Å². The van der Waals surface area contributed by atoms with Gasteiger partial charge in [0.1, 0.15) is 0 Å². The van der Waals surface area contributed by atoms with Gasteiger partial charge in [0.25, 0.3) is 0 Å². The SMILES string of the molecule is Cc1cc(C(Cl)c2ccc(F)c(F)c2F)c(C)s1. The Labute approximate surface area is 112 Å². The molecular formula is C13H10ClF3S. The van der Waals surface area contributed by atoms with Crippen LogP contribution in [0, 0.1) is 31.3 Å². The van der Waals surface area contributed by atoms with E-state index in [1.807, 2.05) is 19.9 Å². The number of alkyl halides is 1. The molecule has 0 aliphatic heterocycles. The lowest BCUT2D eigenvalue weighted by Gasteiger charge is -2.11. The molecule has 18 heavy (non-hydrogen) atoms. The second-order valence-corrected chi connectivity index (χ2v) is 5.89. The molecular weight excluding hydrogens is 281 g/mol. The number of halogens is 4. The summed E-state index contributed by atoms with van der Waals surface area (Å²) in [5.74, 6) is -3.92. The zero-order chi connectivity index (χ0) is 13.4. The number of hydrogen-bond donors (Lipinski definition) is 0. The quantitative estimate of drug-likeness (QED) is 0.532. The molecule has 0 aliphatic carbocycles. The fourth-order valence-corrected chi connectivity index (χ4v) is 3.23. The highest BCUT2D eigenvalue weighted by Crippen LogP contribution is 2.36. The molecule has 0 N–H and O–H groups in total. The number of hydrogen-bond acceptors (Lipinski definition) is 1. The van der Waals surface area contributed by atoms with Crippen LogP contribution in [0.5, 0.6) is 0 Å². The van der Waals surface area contributed by atoms with Gasteiger partial charge in [-0.1, -0.05) is 6.07 Å². The molecule has 1 heterocycles. The van der Waals surface area contributed by atoms with Crippen molar-refractivity contribution in [3.05, 3.63) is 56.5 Å². The maximum absolute atomic E-state index is 13.6. The van der Waals surface area contributed by atoms with Crippen molar-refractivity contribution < 1.29 is 13.2 Å². The molecule has 0 spiro atoms. The first-order chi connectivity index (χ1) is 8.41. The van der Waals surface area contributed by atoms with Crippen molar-refractivity contribution >= 4 is 22.9 Å². The first-order valence-corrected chi connectivity index (χ1v) is 6.51. The molecule has 0 nitrogen and oxygen atoms in total. The van der Waals surface area contributed by atoms with E-state index < -0.39 is 22.8 Å². The predicted molar refractivity (Wildman–Crippen MR) is 67.8 cm³/mol. The zero-order valence-electron chi connectivity index (χ0n) is 9.73. The number of benzene rings is 1. The van der Waals surface area contributed by atoms with Crippen LogP contribution in [0.4, 0.5) is 13.2 Å². The molecule has 0 fully saturated rings. The van der Waals surface area contributed by atoms with Crippen molar-refractivity contribution in [2.24, 2.45) is 0 Å². The van der Waals surface area contributed by atoms with Crippen molar-refractivity contribution in [1.82, 2.24) is 0 Å². The van der Waals surface area contributed by atoms with E-state index in [2.05, 4.69) is 0 Å². The van der Waals surface area contributed by atoms with Crippen LogP contribution in [0.3, 0.4) is 0 Å². The van der Waals surface area contributed by atoms with Crippen LogP contribution >= 0.6 is 22.9 Å². The van der Waals surface area contributed by atoms with Gasteiger partial charge in [0.15, 0.2) is 17.5 Å². The van der Waals surface area contributed by atoms with Crippen molar-refractivity contribution in [2.75, 3.05) is 0 Å². The monoisotopic (exact) mass is 290 g/mol. The summed E-state index contributed by atoms with van der Waals surface area (Å²) in [6.07, 6.45) is 0. The standard InChI is InChI=1S/C13H10ClF3S/c1-6-5-9(7(2)18-6)11(14)8-3-4-10(15)13(17)12(8)16/h3-5,11H,1-2H3. The zero-order valence-corrected chi connectivity index (χ0v) is 11.3. The highest BCUT2D eigenvalue weighted by Gasteiger charge is 2.22. The second kappa shape index (κ2) is 4.94. The minimum Gasteiger partial charge on any atom is -0.204 e. The molecule has 2 rings (SSSR count). The third kappa shape index (κ3) is 2.27. The molecule has 0 radical (unpaired) electrons. The molecule has 1 aromatic carbocycles. The Hall–Kier alpha value is -1.00. The molecule has 1 aromatic heterocycles. The first kappa shape index (κ1) is 13.4. The lowest BCUT2D eigenvalue weighted by molar-refractivity contribution is 0.441. The average Bonchev–Trinajstić information content (AvgIpc) is 2.65. The number of aryl methyl sites for hydroxylation is 2. The van der Waals surface area contributed by atoms with Gasteiger partial charge in [0.2, 0.25) is 0 Å². The highest BCUT2D eigenvalue weighted by atomic mass is 35.5. The Morgan fingerprint density at radius 1 is 1.06 bits per heavy atom. The van der Waals surface area contributed by atoms with Crippen LogP contribution in [0.25, 0.3) is 0 Å². The Morgan fingerprint density at radius 3 is 2.28 bits per heavy atom. The molecule has 0 saturated carbocycles. The van der Waals surface area contributed by atoms with E-state index in [9.17, 15) is 13.2 Å². The van der Waals surface area contributed by atoms with Crippen LogP contribution in [0.2, 0.25) is 0 Å². The smallest absolute Gasteiger partial charge is 0.194 e. The van der Waals surface area contributed by atoms with Gasteiger partial charge in [-0.3, -0.25) is 0 Å². The molecule has 5 heteroatoms. The van der Waals surface area contributed by atoms with Gasteiger partial charge in [0, 0.05) is 15.3 Å². The summed E-state index contributed by atoms with van der Waals surface area (Å²) in [6, 6.07) is 3.90. The molecule has 0 amide bonds. The number of rotatable bonds is 2. The van der Waals surface area contributed by atoms with E-state index in [0.717, 1.165) is 21.4 Å². The van der Waals surface area contributed by atoms with Crippen molar-refractivity contribution in [1.29, 1.82) is 0 Å². The van der Waals surface area contributed by atoms with E-state index in [-0.39, 0.29) is 5.56 Å². The largest absolute Gasteiger partial charge is 0.204 e. The Kier molecular flexibility index (Phi) is 3.69. The highest BCUT2D eigenvalue weighted by molar-refractivity contribution is 7.12. The normalized spacial score (nSPS) is 12.8. The summed E-state index contributed by atoms with van der Waals surface area (Å²) in [4.78, 5) is 1.98. The fraction of sp³-hybridized carbons (Fsp3) is 0.231. The molecule has 1 atom stereocenters. The fourth-order valence-electron chi connectivity index (χ4n) is 1.81. The Morgan fingerprint density at radius 2 is 1.72 bits per heavy atom. The van der Waals surface area contributed by atoms with Crippen molar-refractivity contribution in [3.63, 3.8) is 0 Å². The van der Waals surface area contributed by atoms with E-state index in [1.165, 1.54) is 17.4 Å². The summed E-state index contributed by atoms with van der Waals surface area (Å²) < 4.78 is 39.7. The van der Waals surface area contributed by atoms with Crippen molar-refractivity contribution in [3.8, 4) is 0 Å². The van der Waals surface area contributed by atoms with E-state index in [4.69, 9.17) is 11.6 Å². The van der Waals surface area contributed by atoms with Gasteiger partial charge >= 0.3 is 0 Å². The topological polar surface area (TPSA) is 0 Å². The lowest BCUT2D eigenvalue weighted by atomic mass is 10.0. The first-order valence-electron chi connectivity index (χ1n) is 5.26. The average molecular weight is 291 g/mol. The Balaban J connectivity index is 2.49. The summed E-state index contributed by atoms with van der Waals surface area (Å²) in [5, 5.41) is -0.815. The molecule has 0 bridgehead atoms. The maximum Gasteiger partial charge on any atom is 0.194 e. The van der Waals surface area contributed by atoms with Crippen LogP contribution in [0.1, 0.15) is 26.3 Å². The van der Waals surface area contributed by atoms with Gasteiger partial charge in [-0.2, -0.15) is 0 Å². The third-order valence-corrected chi connectivity index (χ3v) is 4.14. The molecule has 2 aromatic rings. The summed E-state index contributed by atoms with van der Waals surface area (Å²) in [5.41, 5.74) is 0.681. The van der Waals surface area contributed by atoms with Crippen molar-refractivity contribution in [2.45, 2.75) is 19.2 Å². The third-order valence-electron chi connectivity index (χ3n) is 2.69. The van der Waals surface area contributed by atoms with Crippen LogP contribution in [-0.4, -0.2) is 0 Å². The molecule has 0 saturated heterocycles. The van der Waals surface area contributed by atoms with Gasteiger partial charge < -0.3 is 0 Å². The Bertz CT molecular complexity index is 592. The second-order valence-electron chi connectivity index (χ2n) is 4.00. The molecule has 96 valence electrons. The summed E-state index contributed by atoms with van der Waals surface area (Å²) in [6.45, 7) is 3.77. The summed E-state index contributed by atoms with van der Waals surface area (Å²) >= 11 is 7.69. The van der Waals surface area contributed by atoms with Gasteiger partial charge in [0.05, 0.1) is 5.38 Å². The van der Waals surface area contributed by atoms with E-state index >= 15 is 0 Å². The van der Waals surface area contributed by atoms with Gasteiger partial charge in [-0.15, -0.1) is 22.9 Å². The minimum atomic E-state index is -1.48. The maximum atomic E-state index is 13.6. The number of thiophene rings is 1. The van der Waals surface area contributed by atoms with Gasteiger partial charge in [-0.05, 0) is 31.5 Å². The summed E-state index contributed by atoms with van der Waals surface area (Å²) in [7, 11) is 0. The lowest BCUT2D eigenvalue weighted by Crippen LogP contribution is -2.01.